The molecule has 0 radical (unpaired) electrons. The molecule has 1 saturated carbocycles. The van der Waals surface area contributed by atoms with Gasteiger partial charge in [0.05, 0.1) is 10.7 Å². The van der Waals surface area contributed by atoms with Gasteiger partial charge in [-0.2, -0.15) is 0 Å². The molecule has 102 valence electrons. The maximum absolute atomic E-state index is 5.72. The molecule has 3 heteroatoms. The topological polar surface area (TPSA) is 25.2 Å². The minimum Gasteiger partial charge on any atom is -0.468 e. The SMILES string of the molecule is CCCNCC1CCCCCC1c1occc1Br. The van der Waals surface area contributed by atoms with Crippen molar-refractivity contribution in [1.82, 2.24) is 5.32 Å². The van der Waals surface area contributed by atoms with Crippen molar-refractivity contribution in [1.29, 1.82) is 0 Å². The average molecular weight is 314 g/mol. The predicted molar refractivity (Wildman–Crippen MR) is 78.9 cm³/mol. The Balaban J connectivity index is 2.04. The predicted octanol–water partition coefficient (Wildman–Crippen LogP) is 4.71. The van der Waals surface area contributed by atoms with Crippen molar-refractivity contribution in [3.05, 3.63) is 22.6 Å². The monoisotopic (exact) mass is 313 g/mol. The van der Waals surface area contributed by atoms with Crippen LogP contribution < -0.4 is 5.32 Å². The summed E-state index contributed by atoms with van der Waals surface area (Å²) in [5.74, 6) is 2.47. The van der Waals surface area contributed by atoms with Crippen molar-refractivity contribution in [2.75, 3.05) is 13.1 Å². The van der Waals surface area contributed by atoms with Gasteiger partial charge in [-0.05, 0) is 60.3 Å². The number of hydrogen-bond acceptors (Lipinski definition) is 2. The molecule has 0 bridgehead atoms. The average Bonchev–Trinajstić information content (AvgIpc) is 2.65. The summed E-state index contributed by atoms with van der Waals surface area (Å²) in [6, 6.07) is 2.02. The van der Waals surface area contributed by atoms with Gasteiger partial charge in [0.1, 0.15) is 5.76 Å². The fourth-order valence-electron chi connectivity index (χ4n) is 3.01. The van der Waals surface area contributed by atoms with Crippen LogP contribution in [0.3, 0.4) is 0 Å². The van der Waals surface area contributed by atoms with Crippen LogP contribution in [0.4, 0.5) is 0 Å². The van der Waals surface area contributed by atoms with Crippen molar-refractivity contribution < 1.29 is 4.42 Å². The molecule has 0 aliphatic heterocycles. The molecule has 0 saturated heterocycles. The number of furan rings is 1. The third-order valence-corrected chi connectivity index (χ3v) is 4.63. The third-order valence-electron chi connectivity index (χ3n) is 3.97. The van der Waals surface area contributed by atoms with E-state index in [0.29, 0.717) is 5.92 Å². The molecule has 2 rings (SSSR count). The largest absolute Gasteiger partial charge is 0.468 e. The first-order chi connectivity index (χ1) is 8.83. The summed E-state index contributed by atoms with van der Waals surface area (Å²) in [5, 5.41) is 3.59. The van der Waals surface area contributed by atoms with Crippen LogP contribution in [0.1, 0.15) is 57.1 Å². The van der Waals surface area contributed by atoms with Crippen LogP contribution >= 0.6 is 15.9 Å². The number of hydrogen-bond donors (Lipinski definition) is 1. The molecule has 0 aromatic carbocycles. The third kappa shape index (κ3) is 3.61. The molecule has 1 N–H and O–H groups in total. The molecule has 2 atom stereocenters. The zero-order chi connectivity index (χ0) is 12.8. The molecule has 0 spiro atoms. The van der Waals surface area contributed by atoms with E-state index in [1.165, 1.54) is 44.3 Å². The van der Waals surface area contributed by atoms with Crippen LogP contribution in [0.2, 0.25) is 0 Å². The first kappa shape index (κ1) is 14.1. The Kier molecular flexibility index (Phi) is 5.77. The Morgan fingerprint density at radius 1 is 1.33 bits per heavy atom. The molecular weight excluding hydrogens is 290 g/mol. The Morgan fingerprint density at radius 3 is 2.89 bits per heavy atom. The highest BCUT2D eigenvalue weighted by molar-refractivity contribution is 9.10. The van der Waals surface area contributed by atoms with E-state index in [4.69, 9.17) is 4.42 Å². The molecule has 18 heavy (non-hydrogen) atoms. The van der Waals surface area contributed by atoms with E-state index < -0.39 is 0 Å². The van der Waals surface area contributed by atoms with Gasteiger partial charge in [-0.3, -0.25) is 0 Å². The molecule has 1 heterocycles. The molecule has 2 unspecified atom stereocenters. The first-order valence-corrected chi connectivity index (χ1v) is 8.05. The molecule has 1 fully saturated rings. The standard InChI is InChI=1S/C15H24BrNO/c1-2-9-17-11-12-6-4-3-5-7-13(12)15-14(16)8-10-18-15/h8,10,12-13,17H,2-7,9,11H2,1H3. The highest BCUT2D eigenvalue weighted by atomic mass is 79.9. The Hall–Kier alpha value is -0.280. The molecule has 1 aromatic heterocycles. The van der Waals surface area contributed by atoms with Crippen LogP contribution in [-0.4, -0.2) is 13.1 Å². The Labute approximate surface area is 119 Å². The fourth-order valence-corrected chi connectivity index (χ4v) is 3.50. The summed E-state index contributed by atoms with van der Waals surface area (Å²) in [6.45, 7) is 4.48. The van der Waals surface area contributed by atoms with Crippen molar-refractivity contribution in [3.63, 3.8) is 0 Å². The fraction of sp³-hybridized carbons (Fsp3) is 0.733. The second-order valence-corrected chi connectivity index (χ2v) is 6.20. The van der Waals surface area contributed by atoms with E-state index in [0.717, 1.165) is 23.5 Å². The van der Waals surface area contributed by atoms with Gasteiger partial charge >= 0.3 is 0 Å². The van der Waals surface area contributed by atoms with Gasteiger partial charge in [-0.25, -0.2) is 0 Å². The van der Waals surface area contributed by atoms with Crippen LogP contribution in [-0.2, 0) is 0 Å². The summed E-state index contributed by atoms with van der Waals surface area (Å²) < 4.78 is 6.87. The van der Waals surface area contributed by atoms with Gasteiger partial charge in [-0.15, -0.1) is 0 Å². The van der Waals surface area contributed by atoms with Crippen LogP contribution in [0.15, 0.2) is 21.2 Å². The number of nitrogens with one attached hydrogen (secondary N) is 1. The summed E-state index contributed by atoms with van der Waals surface area (Å²) >= 11 is 3.62. The summed E-state index contributed by atoms with van der Waals surface area (Å²) in [7, 11) is 0. The van der Waals surface area contributed by atoms with Gasteiger partial charge in [0, 0.05) is 5.92 Å². The van der Waals surface area contributed by atoms with Crippen LogP contribution in [0, 0.1) is 5.92 Å². The van der Waals surface area contributed by atoms with Gasteiger partial charge in [-0.1, -0.05) is 26.2 Å². The van der Waals surface area contributed by atoms with E-state index in [1.54, 1.807) is 6.26 Å². The lowest BCUT2D eigenvalue weighted by Gasteiger charge is -2.24. The molecular formula is C15H24BrNO. The van der Waals surface area contributed by atoms with Crippen LogP contribution in [0.5, 0.6) is 0 Å². The van der Waals surface area contributed by atoms with E-state index in [1.807, 2.05) is 6.07 Å². The number of rotatable bonds is 5. The Bertz CT molecular complexity index is 350. The van der Waals surface area contributed by atoms with E-state index >= 15 is 0 Å². The molecule has 0 amide bonds. The normalized spacial score (nSPS) is 25.0. The van der Waals surface area contributed by atoms with Gasteiger partial charge in [0.15, 0.2) is 0 Å². The van der Waals surface area contributed by atoms with E-state index in [9.17, 15) is 0 Å². The molecule has 1 aromatic rings. The van der Waals surface area contributed by atoms with Crippen molar-refractivity contribution in [3.8, 4) is 0 Å². The van der Waals surface area contributed by atoms with Crippen molar-refractivity contribution >= 4 is 15.9 Å². The molecule has 2 nitrogen and oxygen atoms in total. The second-order valence-electron chi connectivity index (χ2n) is 5.34. The molecule has 1 aliphatic carbocycles. The van der Waals surface area contributed by atoms with Gasteiger partial charge in [0.2, 0.25) is 0 Å². The van der Waals surface area contributed by atoms with E-state index in [-0.39, 0.29) is 0 Å². The lowest BCUT2D eigenvalue weighted by atomic mass is 9.86. The maximum atomic E-state index is 5.72. The van der Waals surface area contributed by atoms with Crippen molar-refractivity contribution in [2.45, 2.75) is 51.4 Å². The summed E-state index contributed by atoms with van der Waals surface area (Å²) in [6.07, 6.45) is 9.69. The lowest BCUT2D eigenvalue weighted by molar-refractivity contribution is 0.326. The highest BCUT2D eigenvalue weighted by Crippen LogP contribution is 2.39. The zero-order valence-corrected chi connectivity index (χ0v) is 12.8. The smallest absolute Gasteiger partial charge is 0.121 e. The van der Waals surface area contributed by atoms with E-state index in [2.05, 4.69) is 28.2 Å². The van der Waals surface area contributed by atoms with Gasteiger partial charge < -0.3 is 9.73 Å². The van der Waals surface area contributed by atoms with Gasteiger partial charge in [0.25, 0.3) is 0 Å². The Morgan fingerprint density at radius 2 is 2.17 bits per heavy atom. The zero-order valence-electron chi connectivity index (χ0n) is 11.3. The van der Waals surface area contributed by atoms with Crippen LogP contribution in [0.25, 0.3) is 0 Å². The van der Waals surface area contributed by atoms with Crippen molar-refractivity contribution in [2.24, 2.45) is 5.92 Å². The maximum Gasteiger partial charge on any atom is 0.121 e. The highest BCUT2D eigenvalue weighted by Gasteiger charge is 2.28. The minimum absolute atomic E-state index is 0.584. The number of halogens is 1. The first-order valence-electron chi connectivity index (χ1n) is 7.26. The quantitative estimate of drug-likeness (QED) is 0.629. The lowest BCUT2D eigenvalue weighted by Crippen LogP contribution is -2.27. The summed E-state index contributed by atoms with van der Waals surface area (Å²) in [5.41, 5.74) is 0. The summed E-state index contributed by atoms with van der Waals surface area (Å²) in [4.78, 5) is 0. The molecule has 1 aliphatic rings. The minimum atomic E-state index is 0.584. The second kappa shape index (κ2) is 7.34.